The summed E-state index contributed by atoms with van der Waals surface area (Å²) in [6.45, 7) is 12.8. The summed E-state index contributed by atoms with van der Waals surface area (Å²) in [5.41, 5.74) is 4.91. The van der Waals surface area contributed by atoms with Crippen LogP contribution in [0.1, 0.15) is 114 Å². The van der Waals surface area contributed by atoms with Crippen molar-refractivity contribution in [3.05, 3.63) is 63.1 Å². The van der Waals surface area contributed by atoms with Crippen molar-refractivity contribution in [1.82, 2.24) is 0 Å². The van der Waals surface area contributed by atoms with Gasteiger partial charge in [0, 0.05) is 30.9 Å². The Hall–Kier alpha value is -1.48. The quantitative estimate of drug-likeness (QED) is 0.129. The number of rotatable bonds is 20. The Labute approximate surface area is 281 Å². The molecule has 6 nitrogen and oxygen atoms in total. The standard InChI is InChI=1S/C38H57BrO6/c1-5-9-19-40-27-34-36(42-20-10-6-2)38(44-22-12-8-4)37(43-21-11-7-3)35(45-34)30-16-17-32(39)31(26-30)25-28-15-18-33-29(24-28)14-13-23-41-33/h15-18,24,26,34-38H,5-14,19-23,25,27H2,1-4H3/t34-,35?,36-,37+,38+/m1/s1. The van der Waals surface area contributed by atoms with E-state index < -0.39 is 0 Å². The van der Waals surface area contributed by atoms with Crippen LogP contribution in [0.3, 0.4) is 0 Å². The molecular formula is C38H57BrO6. The molecule has 0 amide bonds. The molecular weight excluding hydrogens is 632 g/mol. The van der Waals surface area contributed by atoms with Gasteiger partial charge in [0.25, 0.3) is 0 Å². The number of benzene rings is 2. The first-order valence-corrected chi connectivity index (χ1v) is 18.5. The van der Waals surface area contributed by atoms with Crippen molar-refractivity contribution >= 4 is 15.9 Å². The van der Waals surface area contributed by atoms with Crippen molar-refractivity contribution in [3.8, 4) is 5.75 Å². The summed E-state index contributed by atoms with van der Waals surface area (Å²) in [5, 5.41) is 0. The van der Waals surface area contributed by atoms with Gasteiger partial charge in [0.2, 0.25) is 0 Å². The smallest absolute Gasteiger partial charge is 0.122 e. The third-order valence-electron chi connectivity index (χ3n) is 8.75. The van der Waals surface area contributed by atoms with Gasteiger partial charge in [0.1, 0.15) is 36.3 Å². The molecule has 1 fully saturated rings. The number of hydrogen-bond acceptors (Lipinski definition) is 6. The van der Waals surface area contributed by atoms with Gasteiger partial charge in [0.05, 0.1) is 13.2 Å². The van der Waals surface area contributed by atoms with Crippen LogP contribution in [0.5, 0.6) is 5.75 Å². The van der Waals surface area contributed by atoms with E-state index in [1.54, 1.807) is 0 Å². The highest BCUT2D eigenvalue weighted by atomic mass is 79.9. The van der Waals surface area contributed by atoms with Crippen LogP contribution in [0, 0.1) is 0 Å². The van der Waals surface area contributed by atoms with Gasteiger partial charge in [-0.15, -0.1) is 0 Å². The van der Waals surface area contributed by atoms with E-state index in [1.165, 1.54) is 16.7 Å². The molecule has 45 heavy (non-hydrogen) atoms. The molecule has 0 bridgehead atoms. The molecule has 2 heterocycles. The monoisotopic (exact) mass is 688 g/mol. The van der Waals surface area contributed by atoms with Crippen molar-refractivity contribution < 1.29 is 28.4 Å². The predicted octanol–water partition coefficient (Wildman–Crippen LogP) is 9.18. The highest BCUT2D eigenvalue weighted by molar-refractivity contribution is 9.10. The molecule has 2 aromatic rings. The third kappa shape index (κ3) is 10.8. The molecule has 0 aliphatic carbocycles. The van der Waals surface area contributed by atoms with E-state index in [9.17, 15) is 0 Å². The summed E-state index contributed by atoms with van der Waals surface area (Å²) < 4.78 is 40.2. The molecule has 0 saturated carbocycles. The van der Waals surface area contributed by atoms with E-state index in [1.807, 2.05) is 0 Å². The van der Waals surface area contributed by atoms with E-state index in [2.05, 4.69) is 80.0 Å². The topological polar surface area (TPSA) is 55.4 Å². The Morgan fingerprint density at radius 2 is 1.42 bits per heavy atom. The Balaban J connectivity index is 1.66. The number of aryl methyl sites for hydroxylation is 1. The maximum atomic E-state index is 7.01. The summed E-state index contributed by atoms with van der Waals surface area (Å²) in [7, 11) is 0. The van der Waals surface area contributed by atoms with E-state index in [-0.39, 0.29) is 30.5 Å². The largest absolute Gasteiger partial charge is 0.493 e. The Morgan fingerprint density at radius 3 is 2.13 bits per heavy atom. The van der Waals surface area contributed by atoms with Crippen LogP contribution in [-0.4, -0.2) is 64.1 Å². The van der Waals surface area contributed by atoms with Gasteiger partial charge in [-0.25, -0.2) is 0 Å². The SMILES string of the molecule is CCCCOC[C@H]1OC(c2ccc(Br)c(Cc3ccc4c(c3)CCCO4)c2)[C@H](OCCCC)[C@@H](OCCCC)[C@@H]1OCCCC. The number of hydrogen-bond donors (Lipinski definition) is 0. The molecule has 5 atom stereocenters. The molecule has 0 radical (unpaired) electrons. The minimum absolute atomic E-state index is 0.253. The van der Waals surface area contributed by atoms with Crippen LogP contribution in [-0.2, 0) is 36.5 Å². The lowest BCUT2D eigenvalue weighted by Crippen LogP contribution is -2.58. The number of unbranched alkanes of at least 4 members (excludes halogenated alkanes) is 4. The molecule has 2 aromatic carbocycles. The lowest BCUT2D eigenvalue weighted by atomic mass is 9.89. The number of halogens is 1. The second kappa shape index (κ2) is 20.0. The summed E-state index contributed by atoms with van der Waals surface area (Å²) in [6.07, 6.45) is 9.92. The maximum absolute atomic E-state index is 7.01. The summed E-state index contributed by atoms with van der Waals surface area (Å²) in [4.78, 5) is 0. The second-order valence-corrected chi connectivity index (χ2v) is 13.4. The number of fused-ring (bicyclic) bond motifs is 1. The fourth-order valence-corrected chi connectivity index (χ4v) is 6.47. The summed E-state index contributed by atoms with van der Waals surface area (Å²) in [6, 6.07) is 13.2. The Kier molecular flexibility index (Phi) is 16.2. The van der Waals surface area contributed by atoms with E-state index in [0.717, 1.165) is 99.6 Å². The van der Waals surface area contributed by atoms with E-state index in [0.29, 0.717) is 26.4 Å². The first-order valence-electron chi connectivity index (χ1n) is 17.7. The van der Waals surface area contributed by atoms with Gasteiger partial charge < -0.3 is 28.4 Å². The van der Waals surface area contributed by atoms with Crippen molar-refractivity contribution in [1.29, 1.82) is 0 Å². The van der Waals surface area contributed by atoms with Crippen molar-refractivity contribution in [3.63, 3.8) is 0 Å². The lowest BCUT2D eigenvalue weighted by molar-refractivity contribution is -0.268. The van der Waals surface area contributed by atoms with Gasteiger partial charge in [0.15, 0.2) is 0 Å². The maximum Gasteiger partial charge on any atom is 0.122 e. The van der Waals surface area contributed by atoms with Gasteiger partial charge in [-0.1, -0.05) is 93.6 Å². The Bertz CT molecular complexity index is 1130. The van der Waals surface area contributed by atoms with Crippen molar-refractivity contribution in [2.45, 2.75) is 129 Å². The zero-order chi connectivity index (χ0) is 31.9. The van der Waals surface area contributed by atoms with Gasteiger partial charge in [-0.05, 0) is 79.3 Å². The van der Waals surface area contributed by atoms with Gasteiger partial charge in [-0.3, -0.25) is 0 Å². The fraction of sp³-hybridized carbons (Fsp3) is 0.684. The van der Waals surface area contributed by atoms with Crippen LogP contribution in [0.2, 0.25) is 0 Å². The molecule has 2 aliphatic heterocycles. The summed E-state index contributed by atoms with van der Waals surface area (Å²) >= 11 is 3.85. The predicted molar refractivity (Wildman–Crippen MR) is 184 cm³/mol. The van der Waals surface area contributed by atoms with Crippen LogP contribution in [0.15, 0.2) is 40.9 Å². The minimum atomic E-state index is -0.303. The lowest BCUT2D eigenvalue weighted by Gasteiger charge is -2.46. The van der Waals surface area contributed by atoms with Crippen LogP contribution >= 0.6 is 15.9 Å². The molecule has 1 saturated heterocycles. The highest BCUT2D eigenvalue weighted by Crippen LogP contribution is 2.39. The van der Waals surface area contributed by atoms with Crippen LogP contribution < -0.4 is 4.74 Å². The average Bonchev–Trinajstić information content (AvgIpc) is 3.05. The molecule has 0 aromatic heterocycles. The highest BCUT2D eigenvalue weighted by Gasteiger charge is 2.48. The second-order valence-electron chi connectivity index (χ2n) is 12.5. The van der Waals surface area contributed by atoms with Crippen LogP contribution in [0.25, 0.3) is 0 Å². The molecule has 1 unspecified atom stereocenters. The van der Waals surface area contributed by atoms with Crippen molar-refractivity contribution in [2.24, 2.45) is 0 Å². The summed E-state index contributed by atoms with van der Waals surface area (Å²) in [5.74, 6) is 1.03. The molecule has 4 rings (SSSR count). The first kappa shape index (κ1) is 36.4. The van der Waals surface area contributed by atoms with Crippen LogP contribution in [0.4, 0.5) is 0 Å². The third-order valence-corrected chi connectivity index (χ3v) is 9.52. The number of ether oxygens (including phenoxy) is 6. The molecule has 0 spiro atoms. The first-order chi connectivity index (χ1) is 22.1. The molecule has 252 valence electrons. The normalized spacial score (nSPS) is 23.1. The fourth-order valence-electron chi connectivity index (χ4n) is 6.08. The zero-order valence-corrected chi connectivity index (χ0v) is 29.8. The van der Waals surface area contributed by atoms with E-state index >= 15 is 0 Å². The van der Waals surface area contributed by atoms with Gasteiger partial charge >= 0.3 is 0 Å². The Morgan fingerprint density at radius 1 is 0.756 bits per heavy atom. The molecule has 0 N–H and O–H groups in total. The van der Waals surface area contributed by atoms with Crippen molar-refractivity contribution in [2.75, 3.05) is 39.6 Å². The average molecular weight is 690 g/mol. The van der Waals surface area contributed by atoms with E-state index in [4.69, 9.17) is 28.4 Å². The molecule has 2 aliphatic rings. The van der Waals surface area contributed by atoms with Gasteiger partial charge in [-0.2, -0.15) is 0 Å². The zero-order valence-electron chi connectivity index (χ0n) is 28.2. The minimum Gasteiger partial charge on any atom is -0.493 e. The molecule has 7 heteroatoms.